The van der Waals surface area contributed by atoms with E-state index in [0.717, 1.165) is 16.7 Å². The van der Waals surface area contributed by atoms with E-state index >= 15 is 0 Å². The quantitative estimate of drug-likeness (QED) is 0.809. The fourth-order valence-electron chi connectivity index (χ4n) is 1.57. The van der Waals surface area contributed by atoms with E-state index in [1.54, 1.807) is 6.92 Å². The smallest absolute Gasteiger partial charge is 0.186 e. The molecule has 85 valence electrons. The molecule has 0 saturated heterocycles. The van der Waals surface area contributed by atoms with Crippen LogP contribution < -0.4 is 0 Å². The first-order valence-electron chi connectivity index (χ1n) is 5.46. The molecule has 0 saturated carbocycles. The molecule has 0 unspecified atom stereocenters. The van der Waals surface area contributed by atoms with Crippen molar-refractivity contribution in [2.75, 3.05) is 0 Å². The van der Waals surface area contributed by atoms with Crippen LogP contribution in [0.25, 0.3) is 11.1 Å². The van der Waals surface area contributed by atoms with Gasteiger partial charge in [0, 0.05) is 12.7 Å². The lowest BCUT2D eigenvalue weighted by Crippen LogP contribution is -1.87. The van der Waals surface area contributed by atoms with Crippen LogP contribution in [0.5, 0.6) is 0 Å². The molecule has 1 radical (unpaired) electrons. The molecule has 2 aromatic rings. The van der Waals surface area contributed by atoms with Crippen molar-refractivity contribution < 1.29 is 4.79 Å². The van der Waals surface area contributed by atoms with Crippen LogP contribution in [0.1, 0.15) is 12.5 Å². The Bertz CT molecular complexity index is 505. The third-order valence-electron chi connectivity index (χ3n) is 2.37. The molecule has 0 aliphatic rings. The second-order valence-corrected chi connectivity index (χ2v) is 4.89. The largest absolute Gasteiger partial charge is 0.288 e. The Morgan fingerprint density at radius 2 is 1.88 bits per heavy atom. The topological polar surface area (TPSA) is 17.1 Å². The van der Waals surface area contributed by atoms with Gasteiger partial charge in [0.1, 0.15) is 0 Å². The molecule has 0 bridgehead atoms. The maximum atomic E-state index is 10.9. The van der Waals surface area contributed by atoms with Crippen LogP contribution in [-0.4, -0.2) is 5.12 Å². The second kappa shape index (κ2) is 5.69. The van der Waals surface area contributed by atoms with Crippen molar-refractivity contribution in [2.45, 2.75) is 12.7 Å². The Labute approximate surface area is 106 Å². The minimum absolute atomic E-state index is 0.142. The first-order valence-corrected chi connectivity index (χ1v) is 6.44. The minimum atomic E-state index is 0.142. The summed E-state index contributed by atoms with van der Waals surface area (Å²) < 4.78 is 0. The Kier molecular flexibility index (Phi) is 3.99. The van der Waals surface area contributed by atoms with Crippen molar-refractivity contribution >= 4 is 16.9 Å². The zero-order chi connectivity index (χ0) is 12.1. The van der Waals surface area contributed by atoms with Crippen LogP contribution in [0.4, 0.5) is 0 Å². The normalized spacial score (nSPS) is 10.2. The van der Waals surface area contributed by atoms with Crippen LogP contribution in [-0.2, 0) is 10.5 Å². The van der Waals surface area contributed by atoms with Gasteiger partial charge in [0.25, 0.3) is 0 Å². The van der Waals surface area contributed by atoms with Crippen LogP contribution >= 0.6 is 11.8 Å². The van der Waals surface area contributed by atoms with Gasteiger partial charge in [-0.2, -0.15) is 0 Å². The highest BCUT2D eigenvalue weighted by Gasteiger charge is 2.01. The summed E-state index contributed by atoms with van der Waals surface area (Å²) >= 11 is 1.32. The van der Waals surface area contributed by atoms with E-state index < -0.39 is 0 Å². The Hall–Kier alpha value is -1.54. The highest BCUT2D eigenvalue weighted by Crippen LogP contribution is 2.21. The SMILES string of the molecule is CC(=O)SCc1[c]c(-c2ccccc2)ccc1. The second-order valence-electron chi connectivity index (χ2n) is 3.74. The predicted molar refractivity (Wildman–Crippen MR) is 72.7 cm³/mol. The van der Waals surface area contributed by atoms with Crippen molar-refractivity contribution in [2.24, 2.45) is 0 Å². The summed E-state index contributed by atoms with van der Waals surface area (Å²) in [6.45, 7) is 1.59. The highest BCUT2D eigenvalue weighted by molar-refractivity contribution is 8.12. The van der Waals surface area contributed by atoms with E-state index in [2.05, 4.69) is 18.2 Å². The van der Waals surface area contributed by atoms with Gasteiger partial charge >= 0.3 is 0 Å². The van der Waals surface area contributed by atoms with Gasteiger partial charge in [0.05, 0.1) is 0 Å². The van der Waals surface area contributed by atoms with Crippen molar-refractivity contribution in [3.05, 3.63) is 60.2 Å². The molecule has 2 aromatic carbocycles. The average Bonchev–Trinajstić information content (AvgIpc) is 2.38. The zero-order valence-corrected chi connectivity index (χ0v) is 10.5. The molecular formula is C15H13OS. The van der Waals surface area contributed by atoms with Crippen LogP contribution in [0.2, 0.25) is 0 Å². The van der Waals surface area contributed by atoms with E-state index in [9.17, 15) is 4.79 Å². The van der Waals surface area contributed by atoms with E-state index in [1.807, 2.05) is 36.4 Å². The van der Waals surface area contributed by atoms with Gasteiger partial charge in [-0.3, -0.25) is 4.79 Å². The molecule has 0 aliphatic carbocycles. The van der Waals surface area contributed by atoms with Crippen molar-refractivity contribution in [3.63, 3.8) is 0 Å². The molecule has 2 heteroatoms. The highest BCUT2D eigenvalue weighted by atomic mass is 32.2. The summed E-state index contributed by atoms with van der Waals surface area (Å²) in [6, 6.07) is 19.5. The van der Waals surface area contributed by atoms with Gasteiger partial charge in [-0.05, 0) is 22.8 Å². The van der Waals surface area contributed by atoms with Crippen molar-refractivity contribution in [3.8, 4) is 11.1 Å². The Balaban J connectivity index is 2.20. The summed E-state index contributed by atoms with van der Waals surface area (Å²) in [5.41, 5.74) is 3.29. The Morgan fingerprint density at radius 3 is 2.59 bits per heavy atom. The summed E-state index contributed by atoms with van der Waals surface area (Å²) in [5, 5.41) is 0.142. The average molecular weight is 241 g/mol. The van der Waals surface area contributed by atoms with Gasteiger partial charge in [-0.25, -0.2) is 0 Å². The predicted octanol–water partition coefficient (Wildman–Crippen LogP) is 3.93. The summed E-state index contributed by atoms with van der Waals surface area (Å²) in [6.07, 6.45) is 0. The van der Waals surface area contributed by atoms with E-state index in [1.165, 1.54) is 11.8 Å². The first kappa shape index (κ1) is 11.9. The molecular weight excluding hydrogens is 228 g/mol. The maximum absolute atomic E-state index is 10.9. The molecule has 2 rings (SSSR count). The fourth-order valence-corrected chi connectivity index (χ4v) is 2.09. The molecule has 0 N–H and O–H groups in total. The van der Waals surface area contributed by atoms with Crippen molar-refractivity contribution in [1.29, 1.82) is 0 Å². The molecule has 1 nitrogen and oxygen atoms in total. The number of hydrogen-bond donors (Lipinski definition) is 0. The van der Waals surface area contributed by atoms with Gasteiger partial charge in [0.15, 0.2) is 5.12 Å². The van der Waals surface area contributed by atoms with Gasteiger partial charge in [0.2, 0.25) is 0 Å². The number of carbonyl (C=O) groups is 1. The monoisotopic (exact) mass is 241 g/mol. The molecule has 0 amide bonds. The lowest BCUT2D eigenvalue weighted by atomic mass is 10.0. The number of carbonyl (C=O) groups excluding carboxylic acids is 1. The molecule has 0 atom stereocenters. The van der Waals surface area contributed by atoms with Gasteiger partial charge in [-0.1, -0.05) is 60.3 Å². The number of rotatable bonds is 3. The van der Waals surface area contributed by atoms with Gasteiger partial charge in [-0.15, -0.1) is 0 Å². The number of hydrogen-bond acceptors (Lipinski definition) is 2. The van der Waals surface area contributed by atoms with Crippen LogP contribution in [0, 0.1) is 6.07 Å². The molecule has 0 spiro atoms. The molecule has 17 heavy (non-hydrogen) atoms. The maximum Gasteiger partial charge on any atom is 0.186 e. The van der Waals surface area contributed by atoms with E-state index in [0.29, 0.717) is 5.75 Å². The zero-order valence-electron chi connectivity index (χ0n) is 9.64. The fraction of sp³-hybridized carbons (Fsp3) is 0.133. The number of thioether (sulfide) groups is 1. The van der Waals surface area contributed by atoms with Crippen LogP contribution in [0.3, 0.4) is 0 Å². The molecule has 0 fully saturated rings. The Morgan fingerprint density at radius 1 is 1.12 bits per heavy atom. The lowest BCUT2D eigenvalue weighted by Gasteiger charge is -2.03. The van der Waals surface area contributed by atoms with Gasteiger partial charge < -0.3 is 0 Å². The summed E-state index contributed by atoms with van der Waals surface area (Å²) in [5.74, 6) is 0.690. The lowest BCUT2D eigenvalue weighted by molar-refractivity contribution is -0.109. The van der Waals surface area contributed by atoms with E-state index in [-0.39, 0.29) is 5.12 Å². The van der Waals surface area contributed by atoms with Crippen molar-refractivity contribution in [1.82, 2.24) is 0 Å². The molecule has 0 heterocycles. The first-order chi connectivity index (χ1) is 8.25. The minimum Gasteiger partial charge on any atom is -0.288 e. The third kappa shape index (κ3) is 3.46. The third-order valence-corrected chi connectivity index (χ3v) is 3.23. The number of benzene rings is 2. The standard InChI is InChI=1S/C15H13OS/c1-12(16)17-11-13-6-5-9-15(10-13)14-7-3-2-4-8-14/h2-9H,11H2,1H3. The van der Waals surface area contributed by atoms with Crippen LogP contribution in [0.15, 0.2) is 48.5 Å². The summed E-state index contributed by atoms with van der Waals surface area (Å²) in [4.78, 5) is 10.9. The van der Waals surface area contributed by atoms with E-state index in [4.69, 9.17) is 0 Å². The molecule has 0 aromatic heterocycles. The molecule has 0 aliphatic heterocycles. The summed E-state index contributed by atoms with van der Waals surface area (Å²) in [7, 11) is 0.